The first-order valence-electron chi connectivity index (χ1n) is 4.99. The minimum Gasteiger partial charge on any atom is -0.463 e. The number of carbonyl (C=O) groups is 1. The minimum absolute atomic E-state index is 0.215. The lowest BCUT2D eigenvalue weighted by atomic mass is 9.89. The van der Waals surface area contributed by atoms with E-state index in [0.717, 1.165) is 0 Å². The Labute approximate surface area is 89.7 Å². The highest BCUT2D eigenvalue weighted by atomic mass is 16.5. The lowest BCUT2D eigenvalue weighted by molar-refractivity contribution is -0.139. The summed E-state index contributed by atoms with van der Waals surface area (Å²) in [5.74, 6) is -0.436. The van der Waals surface area contributed by atoms with Gasteiger partial charge in [0.15, 0.2) is 0 Å². The van der Waals surface area contributed by atoms with Gasteiger partial charge in [0.2, 0.25) is 0 Å². The molecule has 15 heavy (non-hydrogen) atoms. The first-order valence-corrected chi connectivity index (χ1v) is 4.99. The van der Waals surface area contributed by atoms with Gasteiger partial charge in [-0.25, -0.2) is 4.79 Å². The Morgan fingerprint density at radius 2 is 2.33 bits per heavy atom. The molecule has 0 amide bonds. The number of carbonyl (C=O) groups excluding carboxylic acids is 1. The van der Waals surface area contributed by atoms with Gasteiger partial charge >= 0.3 is 5.97 Å². The maximum atomic E-state index is 11.3. The lowest BCUT2D eigenvalue weighted by Gasteiger charge is -2.25. The van der Waals surface area contributed by atoms with Crippen LogP contribution in [0.3, 0.4) is 0 Å². The van der Waals surface area contributed by atoms with Crippen molar-refractivity contribution in [2.45, 2.75) is 25.4 Å². The third-order valence-corrected chi connectivity index (χ3v) is 2.21. The summed E-state index contributed by atoms with van der Waals surface area (Å²) in [6.07, 6.45) is 7.88. The average Bonchev–Trinajstić information content (AvgIpc) is 2.18. The third-order valence-electron chi connectivity index (χ3n) is 2.21. The van der Waals surface area contributed by atoms with Crippen LogP contribution in [0.4, 0.5) is 0 Å². The van der Waals surface area contributed by atoms with E-state index >= 15 is 0 Å². The van der Waals surface area contributed by atoms with E-state index in [2.05, 4.69) is 6.58 Å². The van der Waals surface area contributed by atoms with Gasteiger partial charge in [-0.1, -0.05) is 30.9 Å². The van der Waals surface area contributed by atoms with Crippen molar-refractivity contribution < 1.29 is 14.6 Å². The standard InChI is InChI=1S/C12H16O3/c1-3-15-11(13)10(2)9-12(14)7-5-4-6-8-12/h4-7,14H,2-3,8-9H2,1H3. The molecule has 0 aromatic rings. The number of allylic oxidation sites excluding steroid dienone is 2. The van der Waals surface area contributed by atoms with Gasteiger partial charge in [0, 0.05) is 12.0 Å². The van der Waals surface area contributed by atoms with Crippen molar-refractivity contribution in [1.82, 2.24) is 0 Å². The van der Waals surface area contributed by atoms with Crippen molar-refractivity contribution in [2.24, 2.45) is 0 Å². The SMILES string of the molecule is C=C(CC1(O)C=CC=CC1)C(=O)OCC. The van der Waals surface area contributed by atoms with E-state index in [4.69, 9.17) is 4.74 Å². The van der Waals surface area contributed by atoms with Crippen LogP contribution in [0.25, 0.3) is 0 Å². The molecule has 0 fully saturated rings. The van der Waals surface area contributed by atoms with E-state index < -0.39 is 11.6 Å². The summed E-state index contributed by atoms with van der Waals surface area (Å²) in [6.45, 7) is 5.68. The fourth-order valence-electron chi connectivity index (χ4n) is 1.46. The first-order chi connectivity index (χ1) is 7.07. The molecule has 1 rings (SSSR count). The van der Waals surface area contributed by atoms with Gasteiger partial charge in [-0.05, 0) is 13.3 Å². The van der Waals surface area contributed by atoms with Gasteiger partial charge in [-0.3, -0.25) is 0 Å². The van der Waals surface area contributed by atoms with Gasteiger partial charge in [0.05, 0.1) is 12.2 Å². The molecule has 0 aromatic heterocycles. The summed E-state index contributed by atoms with van der Waals surface area (Å²) in [6, 6.07) is 0. The van der Waals surface area contributed by atoms with E-state index in [1.54, 1.807) is 19.1 Å². The van der Waals surface area contributed by atoms with E-state index in [0.29, 0.717) is 18.6 Å². The predicted octanol–water partition coefficient (Wildman–Crippen LogP) is 1.74. The molecule has 3 heteroatoms. The van der Waals surface area contributed by atoms with Gasteiger partial charge in [-0.2, -0.15) is 0 Å². The Morgan fingerprint density at radius 1 is 1.60 bits per heavy atom. The molecule has 0 saturated heterocycles. The normalized spacial score (nSPS) is 23.9. The molecule has 0 spiro atoms. The second-order valence-corrected chi connectivity index (χ2v) is 3.60. The Bertz CT molecular complexity index is 315. The van der Waals surface area contributed by atoms with E-state index in [1.807, 2.05) is 12.2 Å². The second-order valence-electron chi connectivity index (χ2n) is 3.60. The molecule has 82 valence electrons. The number of ether oxygens (including phenoxy) is 1. The van der Waals surface area contributed by atoms with Crippen molar-refractivity contribution in [1.29, 1.82) is 0 Å². The van der Waals surface area contributed by atoms with Gasteiger partial charge in [0.25, 0.3) is 0 Å². The quantitative estimate of drug-likeness (QED) is 0.565. The topological polar surface area (TPSA) is 46.5 Å². The van der Waals surface area contributed by atoms with Crippen molar-refractivity contribution in [2.75, 3.05) is 6.61 Å². The lowest BCUT2D eigenvalue weighted by Crippen LogP contribution is -2.28. The number of rotatable bonds is 4. The summed E-state index contributed by atoms with van der Waals surface area (Å²) in [4.78, 5) is 11.3. The Hall–Kier alpha value is -1.35. The van der Waals surface area contributed by atoms with Crippen LogP contribution in [0.2, 0.25) is 0 Å². The molecule has 1 N–H and O–H groups in total. The smallest absolute Gasteiger partial charge is 0.333 e. The number of aliphatic hydroxyl groups is 1. The molecule has 0 bridgehead atoms. The van der Waals surface area contributed by atoms with Crippen LogP contribution < -0.4 is 0 Å². The zero-order chi connectivity index (χ0) is 11.3. The van der Waals surface area contributed by atoms with Crippen LogP contribution in [-0.4, -0.2) is 23.3 Å². The monoisotopic (exact) mass is 208 g/mol. The molecule has 3 nitrogen and oxygen atoms in total. The van der Waals surface area contributed by atoms with E-state index in [1.165, 1.54) is 0 Å². The highest BCUT2D eigenvalue weighted by Gasteiger charge is 2.26. The van der Waals surface area contributed by atoms with Crippen LogP contribution in [0.5, 0.6) is 0 Å². The second kappa shape index (κ2) is 4.94. The van der Waals surface area contributed by atoms with Crippen molar-refractivity contribution >= 4 is 5.97 Å². The highest BCUT2D eigenvalue weighted by molar-refractivity contribution is 5.87. The molecule has 1 aliphatic rings. The molecule has 0 radical (unpaired) electrons. The fraction of sp³-hybridized carbons (Fsp3) is 0.417. The predicted molar refractivity (Wildman–Crippen MR) is 58.2 cm³/mol. The fourth-order valence-corrected chi connectivity index (χ4v) is 1.46. The average molecular weight is 208 g/mol. The number of hydrogen-bond acceptors (Lipinski definition) is 3. The third kappa shape index (κ3) is 3.36. The van der Waals surface area contributed by atoms with E-state index in [9.17, 15) is 9.90 Å². The molecular weight excluding hydrogens is 192 g/mol. The zero-order valence-corrected chi connectivity index (χ0v) is 8.90. The van der Waals surface area contributed by atoms with Crippen molar-refractivity contribution in [3.8, 4) is 0 Å². The maximum absolute atomic E-state index is 11.3. The van der Waals surface area contributed by atoms with E-state index in [-0.39, 0.29) is 6.42 Å². The maximum Gasteiger partial charge on any atom is 0.333 e. The van der Waals surface area contributed by atoms with Crippen molar-refractivity contribution in [3.05, 3.63) is 36.5 Å². The zero-order valence-electron chi connectivity index (χ0n) is 8.90. The van der Waals surface area contributed by atoms with Gasteiger partial charge in [-0.15, -0.1) is 0 Å². The van der Waals surface area contributed by atoms with Crippen LogP contribution in [-0.2, 0) is 9.53 Å². The van der Waals surface area contributed by atoms with Crippen LogP contribution in [0.1, 0.15) is 19.8 Å². The Balaban J connectivity index is 2.54. The van der Waals surface area contributed by atoms with Crippen LogP contribution in [0.15, 0.2) is 36.5 Å². The minimum atomic E-state index is -0.988. The molecule has 0 aliphatic heterocycles. The molecule has 0 heterocycles. The molecule has 0 aromatic carbocycles. The summed E-state index contributed by atoms with van der Waals surface area (Å²) >= 11 is 0. The molecule has 1 atom stereocenters. The largest absolute Gasteiger partial charge is 0.463 e. The number of hydrogen-bond donors (Lipinski definition) is 1. The summed E-state index contributed by atoms with van der Waals surface area (Å²) < 4.78 is 4.80. The Morgan fingerprint density at radius 3 is 2.87 bits per heavy atom. The highest BCUT2D eigenvalue weighted by Crippen LogP contribution is 2.25. The molecule has 1 unspecified atom stereocenters. The van der Waals surface area contributed by atoms with Crippen LogP contribution >= 0.6 is 0 Å². The van der Waals surface area contributed by atoms with Crippen molar-refractivity contribution in [3.63, 3.8) is 0 Å². The number of esters is 1. The molecule has 0 saturated carbocycles. The molecule has 1 aliphatic carbocycles. The molecular formula is C12H16O3. The van der Waals surface area contributed by atoms with Gasteiger partial charge in [0.1, 0.15) is 0 Å². The summed E-state index contributed by atoms with van der Waals surface area (Å²) in [7, 11) is 0. The summed E-state index contributed by atoms with van der Waals surface area (Å²) in [5.41, 5.74) is -0.683. The first kappa shape index (κ1) is 11.7. The Kier molecular flexibility index (Phi) is 3.86. The van der Waals surface area contributed by atoms with Crippen LogP contribution in [0, 0.1) is 0 Å². The van der Waals surface area contributed by atoms with Gasteiger partial charge < -0.3 is 9.84 Å². The summed E-state index contributed by atoms with van der Waals surface area (Å²) in [5, 5.41) is 10.1.